The van der Waals surface area contributed by atoms with E-state index < -0.39 is 17.6 Å². The SMILES string of the molecule is CC(C)(C)OC(=O)C(N)Cn1ncc2ccccc21. The van der Waals surface area contributed by atoms with Crippen LogP contribution in [0.1, 0.15) is 20.8 Å². The molecule has 0 aliphatic rings. The van der Waals surface area contributed by atoms with E-state index in [0.29, 0.717) is 6.54 Å². The summed E-state index contributed by atoms with van der Waals surface area (Å²) in [6, 6.07) is 7.08. The molecule has 5 nitrogen and oxygen atoms in total. The number of hydrogen-bond donors (Lipinski definition) is 1. The van der Waals surface area contributed by atoms with E-state index in [4.69, 9.17) is 10.5 Å². The van der Waals surface area contributed by atoms with Gasteiger partial charge in [0, 0.05) is 5.39 Å². The Balaban J connectivity index is 2.10. The molecule has 1 heterocycles. The van der Waals surface area contributed by atoms with E-state index in [-0.39, 0.29) is 0 Å². The fraction of sp³-hybridized carbons (Fsp3) is 0.429. The number of ether oxygens (including phenoxy) is 1. The minimum Gasteiger partial charge on any atom is -0.459 e. The van der Waals surface area contributed by atoms with Crippen molar-refractivity contribution in [2.45, 2.75) is 39.0 Å². The number of para-hydroxylation sites is 1. The van der Waals surface area contributed by atoms with Gasteiger partial charge in [-0.25, -0.2) is 0 Å². The topological polar surface area (TPSA) is 70.1 Å². The number of aromatic nitrogens is 2. The van der Waals surface area contributed by atoms with E-state index in [1.807, 2.05) is 45.0 Å². The number of rotatable bonds is 3. The van der Waals surface area contributed by atoms with Gasteiger partial charge in [-0.3, -0.25) is 9.48 Å². The van der Waals surface area contributed by atoms with E-state index in [0.717, 1.165) is 10.9 Å². The summed E-state index contributed by atoms with van der Waals surface area (Å²) in [5.74, 6) is -0.410. The summed E-state index contributed by atoms with van der Waals surface area (Å²) in [4.78, 5) is 11.8. The molecule has 1 aromatic carbocycles. The van der Waals surface area contributed by atoms with Crippen molar-refractivity contribution in [3.63, 3.8) is 0 Å². The van der Waals surface area contributed by atoms with Crippen LogP contribution >= 0.6 is 0 Å². The molecule has 0 saturated heterocycles. The molecule has 0 fully saturated rings. The van der Waals surface area contributed by atoms with Gasteiger partial charge in [0.05, 0.1) is 18.3 Å². The Morgan fingerprint density at radius 2 is 2.11 bits per heavy atom. The van der Waals surface area contributed by atoms with E-state index in [1.54, 1.807) is 10.9 Å². The van der Waals surface area contributed by atoms with Crippen LogP contribution in [-0.4, -0.2) is 27.4 Å². The number of fused-ring (bicyclic) bond motifs is 1. The molecule has 1 unspecified atom stereocenters. The minimum atomic E-state index is -0.720. The fourth-order valence-corrected chi connectivity index (χ4v) is 1.81. The van der Waals surface area contributed by atoms with Crippen LogP contribution in [0, 0.1) is 0 Å². The third-order valence-electron chi connectivity index (χ3n) is 2.63. The van der Waals surface area contributed by atoms with Crippen LogP contribution in [0.3, 0.4) is 0 Å². The van der Waals surface area contributed by atoms with Gasteiger partial charge >= 0.3 is 5.97 Å². The number of esters is 1. The van der Waals surface area contributed by atoms with E-state index in [1.165, 1.54) is 0 Å². The normalized spacial score (nSPS) is 13.5. The van der Waals surface area contributed by atoms with Gasteiger partial charge in [-0.15, -0.1) is 0 Å². The van der Waals surface area contributed by atoms with Gasteiger partial charge in [-0.05, 0) is 26.8 Å². The highest BCUT2D eigenvalue weighted by atomic mass is 16.6. The second-order valence-electron chi connectivity index (χ2n) is 5.53. The number of carbonyl (C=O) groups excluding carboxylic acids is 1. The fourth-order valence-electron chi connectivity index (χ4n) is 1.81. The maximum Gasteiger partial charge on any atom is 0.325 e. The first-order valence-electron chi connectivity index (χ1n) is 6.26. The van der Waals surface area contributed by atoms with Crippen LogP contribution < -0.4 is 5.73 Å². The Kier molecular flexibility index (Phi) is 3.57. The monoisotopic (exact) mass is 261 g/mol. The summed E-state index contributed by atoms with van der Waals surface area (Å²) >= 11 is 0. The zero-order valence-electron chi connectivity index (χ0n) is 11.5. The van der Waals surface area contributed by atoms with Crippen molar-refractivity contribution >= 4 is 16.9 Å². The molecule has 0 saturated carbocycles. The van der Waals surface area contributed by atoms with Gasteiger partial charge in [0.1, 0.15) is 11.6 Å². The Bertz CT molecular complexity index is 584. The standard InChI is InChI=1S/C14H19N3O2/c1-14(2,3)19-13(18)11(15)9-17-12-7-5-4-6-10(12)8-16-17/h4-8,11H,9,15H2,1-3H3. The largest absolute Gasteiger partial charge is 0.459 e. The second-order valence-corrected chi connectivity index (χ2v) is 5.53. The summed E-state index contributed by atoms with van der Waals surface area (Å²) in [5, 5.41) is 5.27. The first kappa shape index (κ1) is 13.5. The van der Waals surface area contributed by atoms with Crippen LogP contribution in [0.25, 0.3) is 10.9 Å². The van der Waals surface area contributed by atoms with Crippen molar-refractivity contribution in [2.75, 3.05) is 0 Å². The van der Waals surface area contributed by atoms with E-state index in [9.17, 15) is 4.79 Å². The molecule has 2 aromatic rings. The summed E-state index contributed by atoms with van der Waals surface area (Å²) in [7, 11) is 0. The molecule has 5 heteroatoms. The summed E-state index contributed by atoms with van der Waals surface area (Å²) in [6.07, 6.45) is 1.76. The van der Waals surface area contributed by atoms with Crippen LogP contribution in [-0.2, 0) is 16.1 Å². The van der Waals surface area contributed by atoms with E-state index in [2.05, 4.69) is 5.10 Å². The lowest BCUT2D eigenvalue weighted by molar-refractivity contribution is -0.156. The molecule has 2 N–H and O–H groups in total. The molecule has 0 bridgehead atoms. The first-order chi connectivity index (χ1) is 8.87. The Labute approximate surface area is 112 Å². The maximum absolute atomic E-state index is 11.8. The number of nitrogens with two attached hydrogens (primary N) is 1. The third-order valence-corrected chi connectivity index (χ3v) is 2.63. The lowest BCUT2D eigenvalue weighted by Crippen LogP contribution is -2.40. The van der Waals surface area contributed by atoms with Crippen LogP contribution in [0.15, 0.2) is 30.5 Å². The molecule has 0 radical (unpaired) electrons. The number of benzene rings is 1. The number of hydrogen-bond acceptors (Lipinski definition) is 4. The summed E-state index contributed by atoms with van der Waals surface area (Å²) in [6.45, 7) is 5.77. The molecule has 1 aromatic heterocycles. The third kappa shape index (κ3) is 3.32. The van der Waals surface area contributed by atoms with Crippen molar-refractivity contribution in [3.05, 3.63) is 30.5 Å². The molecule has 0 aliphatic carbocycles. The predicted molar refractivity (Wildman–Crippen MR) is 73.6 cm³/mol. The Morgan fingerprint density at radius 3 is 2.79 bits per heavy atom. The van der Waals surface area contributed by atoms with Gasteiger partial charge < -0.3 is 10.5 Å². The van der Waals surface area contributed by atoms with Crippen molar-refractivity contribution in [3.8, 4) is 0 Å². The average molecular weight is 261 g/mol. The Hall–Kier alpha value is -1.88. The smallest absolute Gasteiger partial charge is 0.325 e. The number of carbonyl (C=O) groups is 1. The van der Waals surface area contributed by atoms with Crippen LogP contribution in [0.4, 0.5) is 0 Å². The molecule has 2 rings (SSSR count). The van der Waals surface area contributed by atoms with Crippen molar-refractivity contribution in [2.24, 2.45) is 5.73 Å². The first-order valence-corrected chi connectivity index (χ1v) is 6.26. The highest BCUT2D eigenvalue weighted by Crippen LogP contribution is 2.14. The zero-order chi connectivity index (χ0) is 14.0. The molecular formula is C14H19N3O2. The molecule has 0 amide bonds. The van der Waals surface area contributed by atoms with Crippen molar-refractivity contribution in [1.82, 2.24) is 9.78 Å². The predicted octanol–water partition coefficient (Wildman–Crippen LogP) is 1.71. The summed E-state index contributed by atoms with van der Waals surface area (Å²) < 4.78 is 6.98. The van der Waals surface area contributed by atoms with Gasteiger partial charge in [0.2, 0.25) is 0 Å². The second kappa shape index (κ2) is 5.01. The molecular weight excluding hydrogens is 242 g/mol. The molecule has 102 valence electrons. The molecule has 0 spiro atoms. The van der Waals surface area contributed by atoms with Crippen molar-refractivity contribution in [1.29, 1.82) is 0 Å². The van der Waals surface area contributed by atoms with Gasteiger partial charge in [-0.1, -0.05) is 18.2 Å². The molecule has 0 aliphatic heterocycles. The summed E-state index contributed by atoms with van der Waals surface area (Å²) in [5.41, 5.74) is 6.30. The molecule has 19 heavy (non-hydrogen) atoms. The van der Waals surface area contributed by atoms with E-state index >= 15 is 0 Å². The maximum atomic E-state index is 11.8. The highest BCUT2D eigenvalue weighted by molar-refractivity contribution is 5.79. The van der Waals surface area contributed by atoms with Crippen LogP contribution in [0.5, 0.6) is 0 Å². The Morgan fingerprint density at radius 1 is 1.42 bits per heavy atom. The van der Waals surface area contributed by atoms with Crippen molar-refractivity contribution < 1.29 is 9.53 Å². The minimum absolute atomic E-state index is 0.308. The lowest BCUT2D eigenvalue weighted by atomic mass is 10.2. The van der Waals surface area contributed by atoms with Crippen LogP contribution in [0.2, 0.25) is 0 Å². The number of nitrogens with zero attached hydrogens (tertiary/aromatic N) is 2. The average Bonchev–Trinajstić information content (AvgIpc) is 2.70. The quantitative estimate of drug-likeness (QED) is 0.854. The van der Waals surface area contributed by atoms with Gasteiger partial charge in [0.25, 0.3) is 0 Å². The lowest BCUT2D eigenvalue weighted by Gasteiger charge is -2.22. The molecule has 1 atom stereocenters. The highest BCUT2D eigenvalue weighted by Gasteiger charge is 2.23. The van der Waals surface area contributed by atoms with Gasteiger partial charge in [0.15, 0.2) is 0 Å². The zero-order valence-corrected chi connectivity index (χ0v) is 11.5. The van der Waals surface area contributed by atoms with Gasteiger partial charge in [-0.2, -0.15) is 5.10 Å².